The van der Waals surface area contributed by atoms with Crippen LogP contribution in [0.1, 0.15) is 15.4 Å². The second-order valence-electron chi connectivity index (χ2n) is 2.36. The Morgan fingerprint density at radius 2 is 2.38 bits per heavy atom. The quantitative estimate of drug-likeness (QED) is 0.720. The highest BCUT2D eigenvalue weighted by Crippen LogP contribution is 2.09. The van der Waals surface area contributed by atoms with Crippen molar-refractivity contribution < 1.29 is 4.79 Å². The molecule has 0 atom stereocenters. The summed E-state index contributed by atoms with van der Waals surface area (Å²) in [5.74, 6) is -0.00185. The summed E-state index contributed by atoms with van der Waals surface area (Å²) >= 11 is 2.52. The van der Waals surface area contributed by atoms with Crippen LogP contribution in [0.15, 0.2) is 17.9 Å². The fourth-order valence-electron chi connectivity index (χ4n) is 0.866. The first-order valence-corrected chi connectivity index (χ1v) is 5.15. The van der Waals surface area contributed by atoms with E-state index in [1.165, 1.54) is 17.5 Å². The first-order valence-electron chi connectivity index (χ1n) is 3.54. The zero-order valence-electron chi connectivity index (χ0n) is 6.51. The lowest BCUT2D eigenvalue weighted by Gasteiger charge is -1.90. The number of hydrogen-bond donors (Lipinski definition) is 0. The van der Waals surface area contributed by atoms with Crippen LogP contribution in [0.2, 0.25) is 0 Å². The van der Waals surface area contributed by atoms with E-state index in [1.54, 1.807) is 11.7 Å². The van der Waals surface area contributed by atoms with Gasteiger partial charge >= 0.3 is 0 Å². The van der Waals surface area contributed by atoms with Crippen molar-refractivity contribution in [1.82, 2.24) is 13.7 Å². The number of rotatable bonds is 3. The third kappa shape index (κ3) is 1.96. The minimum Gasteiger partial charge on any atom is -0.292 e. The number of thiazole rings is 1. The maximum absolute atomic E-state index is 11.5. The normalized spacial score (nSPS) is 10.2. The molecule has 2 aromatic heterocycles. The Bertz CT molecular complexity index is 382. The summed E-state index contributed by atoms with van der Waals surface area (Å²) in [7, 11) is 0. The van der Waals surface area contributed by atoms with E-state index in [1.807, 2.05) is 0 Å². The van der Waals surface area contributed by atoms with Gasteiger partial charge in [0, 0.05) is 17.5 Å². The predicted octanol–water partition coefficient (Wildman–Crippen LogP) is 1.42. The van der Waals surface area contributed by atoms with Crippen LogP contribution in [0, 0.1) is 0 Å². The van der Waals surface area contributed by atoms with Crippen LogP contribution in [0.25, 0.3) is 0 Å². The summed E-state index contributed by atoms with van der Waals surface area (Å²) in [6.45, 7) is 0. The standard InChI is InChI=1S/C7H5N3OS2/c11-7(6-3-9-13-10-6)1-5-2-8-4-12-5/h2-4H,1H2. The third-order valence-electron chi connectivity index (χ3n) is 1.47. The van der Waals surface area contributed by atoms with Gasteiger partial charge in [-0.2, -0.15) is 8.75 Å². The van der Waals surface area contributed by atoms with Crippen molar-refractivity contribution >= 4 is 28.8 Å². The van der Waals surface area contributed by atoms with Gasteiger partial charge in [-0.05, 0) is 0 Å². The summed E-state index contributed by atoms with van der Waals surface area (Å²) < 4.78 is 7.63. The molecule has 0 saturated heterocycles. The molecule has 2 heterocycles. The molecule has 4 nitrogen and oxygen atoms in total. The lowest BCUT2D eigenvalue weighted by atomic mass is 10.2. The highest BCUT2D eigenvalue weighted by atomic mass is 32.1. The Balaban J connectivity index is 2.08. The zero-order valence-corrected chi connectivity index (χ0v) is 8.14. The molecule has 0 saturated carbocycles. The molecular weight excluding hydrogens is 206 g/mol. The Kier molecular flexibility index (Phi) is 2.42. The molecule has 0 amide bonds. The van der Waals surface area contributed by atoms with E-state index in [9.17, 15) is 4.79 Å². The molecule has 0 bridgehead atoms. The lowest BCUT2D eigenvalue weighted by Crippen LogP contribution is -2.01. The van der Waals surface area contributed by atoms with Gasteiger partial charge in [-0.15, -0.1) is 11.3 Å². The first-order chi connectivity index (χ1) is 6.36. The maximum Gasteiger partial charge on any atom is 0.189 e. The van der Waals surface area contributed by atoms with Crippen LogP contribution in [0.5, 0.6) is 0 Å². The number of carbonyl (C=O) groups excluding carboxylic acids is 1. The van der Waals surface area contributed by atoms with E-state index in [4.69, 9.17) is 0 Å². The second-order valence-corrected chi connectivity index (χ2v) is 3.89. The van der Waals surface area contributed by atoms with Gasteiger partial charge in [-0.3, -0.25) is 9.78 Å². The van der Waals surface area contributed by atoms with Gasteiger partial charge in [0.1, 0.15) is 5.69 Å². The smallest absolute Gasteiger partial charge is 0.189 e. The van der Waals surface area contributed by atoms with Crippen molar-refractivity contribution in [2.45, 2.75) is 6.42 Å². The average Bonchev–Trinajstić information content (AvgIpc) is 2.74. The topological polar surface area (TPSA) is 55.7 Å². The number of Topliss-reactive ketones (excluding diaryl/α,β-unsaturated/α-hetero) is 1. The predicted molar refractivity (Wildman–Crippen MR) is 50.1 cm³/mol. The van der Waals surface area contributed by atoms with Crippen LogP contribution in [-0.2, 0) is 6.42 Å². The van der Waals surface area contributed by atoms with Crippen LogP contribution in [-0.4, -0.2) is 19.5 Å². The van der Waals surface area contributed by atoms with Gasteiger partial charge in [-0.1, -0.05) is 0 Å². The van der Waals surface area contributed by atoms with Crippen molar-refractivity contribution in [3.8, 4) is 0 Å². The molecule has 2 aromatic rings. The van der Waals surface area contributed by atoms with E-state index >= 15 is 0 Å². The molecule has 0 radical (unpaired) electrons. The third-order valence-corrected chi connectivity index (χ3v) is 2.72. The van der Waals surface area contributed by atoms with Gasteiger partial charge in [0.15, 0.2) is 5.78 Å². The van der Waals surface area contributed by atoms with Crippen molar-refractivity contribution in [2.24, 2.45) is 0 Å². The number of aromatic nitrogens is 3. The summed E-state index contributed by atoms with van der Waals surface area (Å²) in [6.07, 6.45) is 3.56. The first kappa shape index (κ1) is 8.46. The largest absolute Gasteiger partial charge is 0.292 e. The maximum atomic E-state index is 11.5. The van der Waals surface area contributed by atoms with Crippen LogP contribution in [0.3, 0.4) is 0 Å². The summed E-state index contributed by atoms with van der Waals surface area (Å²) in [4.78, 5) is 16.3. The van der Waals surface area contributed by atoms with Gasteiger partial charge in [0.05, 0.1) is 23.4 Å². The number of ketones is 1. The van der Waals surface area contributed by atoms with Crippen molar-refractivity contribution in [2.75, 3.05) is 0 Å². The molecule has 0 aromatic carbocycles. The van der Waals surface area contributed by atoms with Crippen molar-refractivity contribution in [3.63, 3.8) is 0 Å². The minimum absolute atomic E-state index is 0.00185. The molecule has 0 aliphatic rings. The molecule has 6 heteroatoms. The highest BCUT2D eigenvalue weighted by molar-refractivity contribution is 7.09. The number of hydrogen-bond acceptors (Lipinski definition) is 6. The molecule has 2 rings (SSSR count). The van der Waals surface area contributed by atoms with Gasteiger partial charge in [0.25, 0.3) is 0 Å². The van der Waals surface area contributed by atoms with Gasteiger partial charge in [0.2, 0.25) is 0 Å². The number of nitrogens with zero attached hydrogens (tertiary/aromatic N) is 3. The molecule has 13 heavy (non-hydrogen) atoms. The molecule has 0 aliphatic carbocycles. The Morgan fingerprint density at radius 1 is 1.46 bits per heavy atom. The molecule has 0 unspecified atom stereocenters. The van der Waals surface area contributed by atoms with Crippen LogP contribution >= 0.6 is 23.1 Å². The van der Waals surface area contributed by atoms with Crippen LogP contribution in [0.4, 0.5) is 0 Å². The second kappa shape index (κ2) is 3.71. The molecular formula is C7H5N3OS2. The molecule has 0 fully saturated rings. The molecule has 0 spiro atoms. The number of carbonyl (C=O) groups is 1. The van der Waals surface area contributed by atoms with Crippen molar-refractivity contribution in [1.29, 1.82) is 0 Å². The fraction of sp³-hybridized carbons (Fsp3) is 0.143. The van der Waals surface area contributed by atoms with E-state index in [-0.39, 0.29) is 5.78 Å². The Morgan fingerprint density at radius 3 is 3.00 bits per heavy atom. The molecule has 0 N–H and O–H groups in total. The minimum atomic E-state index is -0.00185. The van der Waals surface area contributed by atoms with Gasteiger partial charge < -0.3 is 0 Å². The fourth-order valence-corrected chi connectivity index (χ4v) is 1.89. The average molecular weight is 211 g/mol. The van der Waals surface area contributed by atoms with Crippen LogP contribution < -0.4 is 0 Å². The highest BCUT2D eigenvalue weighted by Gasteiger charge is 2.10. The summed E-state index contributed by atoms with van der Waals surface area (Å²) in [5.41, 5.74) is 2.15. The van der Waals surface area contributed by atoms with Gasteiger partial charge in [-0.25, -0.2) is 0 Å². The summed E-state index contributed by atoms with van der Waals surface area (Å²) in [6, 6.07) is 0. The zero-order chi connectivity index (χ0) is 9.10. The van der Waals surface area contributed by atoms with E-state index in [2.05, 4.69) is 13.7 Å². The van der Waals surface area contributed by atoms with E-state index in [0.29, 0.717) is 12.1 Å². The van der Waals surface area contributed by atoms with Crippen molar-refractivity contribution in [3.05, 3.63) is 28.5 Å². The van der Waals surface area contributed by atoms with E-state index in [0.717, 1.165) is 16.6 Å². The lowest BCUT2D eigenvalue weighted by molar-refractivity contribution is 0.0990. The Labute approximate surface area is 82.6 Å². The SMILES string of the molecule is O=C(Cc1cncs1)c1cnsn1. The molecule has 66 valence electrons. The Hall–Kier alpha value is -1.14. The monoisotopic (exact) mass is 211 g/mol. The summed E-state index contributed by atoms with van der Waals surface area (Å²) in [5, 5.41) is 0. The van der Waals surface area contributed by atoms with E-state index < -0.39 is 0 Å². The molecule has 0 aliphatic heterocycles.